The van der Waals surface area contributed by atoms with Gasteiger partial charge < -0.3 is 10.1 Å². The molecule has 0 bridgehead atoms. The molecule has 0 saturated heterocycles. The van der Waals surface area contributed by atoms with Crippen LogP contribution in [0.3, 0.4) is 0 Å². The second-order valence-electron chi connectivity index (χ2n) is 8.56. The van der Waals surface area contributed by atoms with Gasteiger partial charge in [0, 0.05) is 28.3 Å². The highest BCUT2D eigenvalue weighted by Gasteiger charge is 2.19. The number of aromatic nitrogens is 1. The highest BCUT2D eigenvalue weighted by molar-refractivity contribution is 7.92. The Hall–Kier alpha value is -3.90. The summed E-state index contributed by atoms with van der Waals surface area (Å²) < 4.78 is 72.3. The van der Waals surface area contributed by atoms with Crippen LogP contribution >= 0.6 is 11.3 Å². The second kappa shape index (κ2) is 10.8. The van der Waals surface area contributed by atoms with Crippen molar-refractivity contribution in [2.24, 2.45) is 0 Å². The van der Waals surface area contributed by atoms with E-state index >= 15 is 0 Å². The number of anilines is 2. The fourth-order valence-corrected chi connectivity index (χ4v) is 5.20. The zero-order chi connectivity index (χ0) is 27.6. The molecule has 0 spiro atoms. The molecule has 198 valence electrons. The number of hydrogen-bond donors (Lipinski definition) is 2. The summed E-state index contributed by atoms with van der Waals surface area (Å²) in [5.74, 6) is -2.60. The number of carbonyl (C=O) groups is 1. The Balaban J connectivity index is 1.58. The number of ether oxygens (including phenoxy) is 1. The van der Waals surface area contributed by atoms with Gasteiger partial charge in [-0.3, -0.25) is 9.52 Å². The molecule has 2 heterocycles. The molecule has 0 aliphatic rings. The van der Waals surface area contributed by atoms with Gasteiger partial charge in [-0.2, -0.15) is 0 Å². The molecule has 2 N–H and O–H groups in total. The minimum absolute atomic E-state index is 0.0395. The molecule has 0 aliphatic heterocycles. The maximum Gasteiger partial charge on any atom is 0.265 e. The highest BCUT2D eigenvalue weighted by Crippen LogP contribution is 2.36. The molecule has 0 fully saturated rings. The van der Waals surface area contributed by atoms with Crippen molar-refractivity contribution in [3.8, 4) is 17.0 Å². The summed E-state index contributed by atoms with van der Waals surface area (Å²) in [6.45, 7) is 3.28. The summed E-state index contributed by atoms with van der Waals surface area (Å²) in [4.78, 5) is 18.2. The van der Waals surface area contributed by atoms with Crippen LogP contribution in [0.2, 0.25) is 0 Å². The molecule has 0 radical (unpaired) electrons. The van der Waals surface area contributed by atoms with Crippen LogP contribution in [0.1, 0.15) is 25.7 Å². The van der Waals surface area contributed by atoms with Crippen molar-refractivity contribution in [2.75, 3.05) is 16.3 Å². The summed E-state index contributed by atoms with van der Waals surface area (Å²) in [5, 5.41) is 2.75. The van der Waals surface area contributed by atoms with Gasteiger partial charge in [-0.05, 0) is 61.4 Å². The van der Waals surface area contributed by atoms with E-state index < -0.39 is 33.4 Å². The number of sulfonamides is 1. The standard InChI is InChI=1S/C26H22F3N3O4S2/c1-14-4-20(10-21(5-14)32-38(3,34)35)31-26(33)24-11-22(15(2)37-24)25-23(9-19(29)12-30-25)36-13-16-6-17(27)8-18(28)7-16/h4-12,32H,13H2,1-3H3,(H,31,33). The first-order valence-electron chi connectivity index (χ1n) is 11.1. The Morgan fingerprint density at radius 3 is 2.32 bits per heavy atom. The summed E-state index contributed by atoms with van der Waals surface area (Å²) in [5.41, 5.74) is 2.41. The van der Waals surface area contributed by atoms with E-state index in [0.29, 0.717) is 26.7 Å². The van der Waals surface area contributed by atoms with Crippen molar-refractivity contribution < 1.29 is 31.1 Å². The number of nitrogens with one attached hydrogen (secondary N) is 2. The lowest BCUT2D eigenvalue weighted by Crippen LogP contribution is -2.12. The van der Waals surface area contributed by atoms with Crippen LogP contribution in [0, 0.1) is 31.3 Å². The van der Waals surface area contributed by atoms with E-state index in [4.69, 9.17) is 4.74 Å². The van der Waals surface area contributed by atoms with Crippen LogP contribution in [-0.2, 0) is 16.6 Å². The van der Waals surface area contributed by atoms with E-state index in [1.807, 2.05) is 0 Å². The first-order chi connectivity index (χ1) is 17.9. The number of benzene rings is 2. The Kier molecular flexibility index (Phi) is 7.74. The van der Waals surface area contributed by atoms with Gasteiger partial charge in [-0.15, -0.1) is 11.3 Å². The van der Waals surface area contributed by atoms with E-state index in [-0.39, 0.29) is 23.6 Å². The van der Waals surface area contributed by atoms with Gasteiger partial charge in [0.05, 0.1) is 23.0 Å². The average Bonchev–Trinajstić information content (AvgIpc) is 3.17. The maximum absolute atomic E-state index is 14.0. The van der Waals surface area contributed by atoms with Crippen molar-refractivity contribution >= 4 is 38.6 Å². The smallest absolute Gasteiger partial charge is 0.265 e. The van der Waals surface area contributed by atoms with Crippen molar-refractivity contribution in [2.45, 2.75) is 20.5 Å². The Labute approximate surface area is 221 Å². The van der Waals surface area contributed by atoms with Gasteiger partial charge in [-0.1, -0.05) is 0 Å². The maximum atomic E-state index is 14.0. The normalized spacial score (nSPS) is 11.3. The van der Waals surface area contributed by atoms with Gasteiger partial charge in [-0.25, -0.2) is 26.6 Å². The molecule has 7 nitrogen and oxygen atoms in total. The van der Waals surface area contributed by atoms with Crippen LogP contribution < -0.4 is 14.8 Å². The first kappa shape index (κ1) is 27.1. The summed E-state index contributed by atoms with van der Waals surface area (Å²) >= 11 is 1.17. The number of aryl methyl sites for hydroxylation is 2. The average molecular weight is 562 g/mol. The van der Waals surface area contributed by atoms with Gasteiger partial charge in [0.15, 0.2) is 0 Å². The highest BCUT2D eigenvalue weighted by atomic mass is 32.2. The number of rotatable bonds is 8. The van der Waals surface area contributed by atoms with E-state index in [1.165, 1.54) is 17.4 Å². The van der Waals surface area contributed by atoms with Gasteiger partial charge in [0.25, 0.3) is 5.91 Å². The molecule has 0 atom stereocenters. The van der Waals surface area contributed by atoms with Crippen LogP contribution in [0.15, 0.2) is 54.7 Å². The molecule has 12 heteroatoms. The molecule has 4 rings (SSSR count). The van der Waals surface area contributed by atoms with Crippen LogP contribution in [0.4, 0.5) is 24.5 Å². The molecule has 0 saturated carbocycles. The fourth-order valence-electron chi connectivity index (χ4n) is 3.74. The zero-order valence-electron chi connectivity index (χ0n) is 20.4. The third-order valence-electron chi connectivity index (χ3n) is 5.17. The number of halogens is 3. The molecular formula is C26H22F3N3O4S2. The summed E-state index contributed by atoms with van der Waals surface area (Å²) in [6, 6.07) is 10.5. The lowest BCUT2D eigenvalue weighted by molar-refractivity contribution is 0.103. The topological polar surface area (TPSA) is 97.4 Å². The third kappa shape index (κ3) is 6.90. The minimum atomic E-state index is -3.50. The second-order valence-corrected chi connectivity index (χ2v) is 11.6. The van der Waals surface area contributed by atoms with Crippen LogP contribution in [0.5, 0.6) is 5.75 Å². The zero-order valence-corrected chi connectivity index (χ0v) is 22.1. The van der Waals surface area contributed by atoms with Crippen molar-refractivity contribution in [1.82, 2.24) is 4.98 Å². The quantitative estimate of drug-likeness (QED) is 0.273. The fraction of sp³-hybridized carbons (Fsp3) is 0.154. The van der Waals surface area contributed by atoms with Crippen molar-refractivity contribution in [1.29, 1.82) is 0 Å². The largest absolute Gasteiger partial charge is 0.487 e. The molecule has 0 unspecified atom stereocenters. The Bertz CT molecular complexity index is 1620. The lowest BCUT2D eigenvalue weighted by Gasteiger charge is -2.11. The molecule has 2 aromatic carbocycles. The molecule has 0 aliphatic carbocycles. The van der Waals surface area contributed by atoms with Crippen molar-refractivity contribution in [3.63, 3.8) is 0 Å². The molecule has 38 heavy (non-hydrogen) atoms. The molecule has 4 aromatic rings. The molecular weight excluding hydrogens is 539 g/mol. The third-order valence-corrected chi connectivity index (χ3v) is 6.83. The number of pyridine rings is 1. The van der Waals surface area contributed by atoms with Gasteiger partial charge in [0.2, 0.25) is 10.0 Å². The molecule has 2 aromatic heterocycles. The summed E-state index contributed by atoms with van der Waals surface area (Å²) in [7, 11) is -3.50. The van der Waals surface area contributed by atoms with Gasteiger partial charge >= 0.3 is 0 Å². The van der Waals surface area contributed by atoms with E-state index in [0.717, 1.165) is 42.3 Å². The van der Waals surface area contributed by atoms with E-state index in [2.05, 4.69) is 15.0 Å². The number of nitrogens with zero attached hydrogens (tertiary/aromatic N) is 1. The summed E-state index contributed by atoms with van der Waals surface area (Å²) in [6.07, 6.45) is 2.03. The number of amides is 1. The predicted octanol–water partition coefficient (Wildman–Crippen LogP) is 6.05. The van der Waals surface area contributed by atoms with Crippen LogP contribution in [0.25, 0.3) is 11.3 Å². The SMILES string of the molecule is Cc1cc(NC(=O)c2cc(-c3ncc(F)cc3OCc3cc(F)cc(F)c3)c(C)s2)cc(NS(C)(=O)=O)c1. The minimum Gasteiger partial charge on any atom is -0.487 e. The van der Waals surface area contributed by atoms with Crippen LogP contribution in [-0.4, -0.2) is 25.6 Å². The van der Waals surface area contributed by atoms with E-state index in [1.54, 1.807) is 32.0 Å². The molecule has 1 amide bonds. The predicted molar refractivity (Wildman–Crippen MR) is 141 cm³/mol. The van der Waals surface area contributed by atoms with E-state index in [9.17, 15) is 26.4 Å². The number of carbonyl (C=O) groups excluding carboxylic acids is 1. The van der Waals surface area contributed by atoms with Crippen molar-refractivity contribution in [3.05, 3.63) is 93.1 Å². The Morgan fingerprint density at radius 2 is 1.63 bits per heavy atom. The lowest BCUT2D eigenvalue weighted by atomic mass is 10.1. The Morgan fingerprint density at radius 1 is 0.947 bits per heavy atom. The monoisotopic (exact) mass is 561 g/mol. The first-order valence-corrected chi connectivity index (χ1v) is 13.8. The number of hydrogen-bond acceptors (Lipinski definition) is 6. The van der Waals surface area contributed by atoms with Gasteiger partial charge in [0.1, 0.15) is 35.5 Å². The number of thiophene rings is 1.